The fourth-order valence-corrected chi connectivity index (χ4v) is 2.92. The van der Waals surface area contributed by atoms with Crippen molar-refractivity contribution in [2.75, 3.05) is 6.61 Å². The van der Waals surface area contributed by atoms with E-state index in [1.807, 2.05) is 18.2 Å². The first kappa shape index (κ1) is 21.9. The third-order valence-corrected chi connectivity index (χ3v) is 4.18. The number of ether oxygens (including phenoxy) is 2. The SMILES string of the molecule is CCOC(=O)c1c(C)[nH]c(-c2cc([N+](=O)[O-])ccc2Oc2ccccc2)c1[NH3+].[Cl-]. The lowest BCUT2D eigenvalue weighted by molar-refractivity contribution is -0.384. The van der Waals surface area contributed by atoms with Crippen LogP contribution in [0, 0.1) is 17.0 Å². The number of nitrogens with one attached hydrogen (secondary N) is 1. The molecular weight excluding hydrogens is 398 g/mol. The Balaban J connectivity index is 0.00000300. The van der Waals surface area contributed by atoms with Crippen molar-refractivity contribution >= 4 is 17.3 Å². The molecule has 0 radical (unpaired) electrons. The largest absolute Gasteiger partial charge is 1.00 e. The summed E-state index contributed by atoms with van der Waals surface area (Å²) in [6.07, 6.45) is 0. The number of para-hydroxylation sites is 1. The van der Waals surface area contributed by atoms with Crippen molar-refractivity contribution in [1.82, 2.24) is 4.98 Å². The highest BCUT2D eigenvalue weighted by molar-refractivity contribution is 5.99. The number of quaternary nitrogens is 1. The number of aromatic nitrogens is 1. The molecule has 0 spiro atoms. The number of hydrogen-bond donors (Lipinski definition) is 2. The highest BCUT2D eigenvalue weighted by Gasteiger charge is 2.27. The van der Waals surface area contributed by atoms with Crippen molar-refractivity contribution in [3.05, 3.63) is 69.9 Å². The van der Waals surface area contributed by atoms with Gasteiger partial charge in [0.05, 0.1) is 17.1 Å². The van der Waals surface area contributed by atoms with Crippen LogP contribution in [0.4, 0.5) is 11.4 Å². The number of benzene rings is 2. The molecule has 8 nitrogen and oxygen atoms in total. The highest BCUT2D eigenvalue weighted by Crippen LogP contribution is 2.39. The summed E-state index contributed by atoms with van der Waals surface area (Å²) in [5, 5.41) is 11.3. The Kier molecular flexibility index (Phi) is 6.98. The van der Waals surface area contributed by atoms with Gasteiger partial charge in [-0.25, -0.2) is 4.79 Å². The topological polar surface area (TPSA) is 122 Å². The van der Waals surface area contributed by atoms with E-state index in [-0.39, 0.29) is 24.7 Å². The number of hydrogen-bond acceptors (Lipinski definition) is 5. The summed E-state index contributed by atoms with van der Waals surface area (Å²) in [6.45, 7) is 3.67. The van der Waals surface area contributed by atoms with Crippen molar-refractivity contribution in [3.63, 3.8) is 0 Å². The zero-order valence-electron chi connectivity index (χ0n) is 15.9. The molecule has 3 aromatic rings. The standard InChI is InChI=1S/C20H19N3O5.ClH/c1-3-27-20(24)17-12(2)22-19(18(17)21)15-11-13(23(25)26)9-10-16(15)28-14-7-5-4-6-8-14;/h4-11,22H,3,21H2,1-2H3;1H. The average molecular weight is 418 g/mol. The molecule has 1 aromatic heterocycles. The zero-order chi connectivity index (χ0) is 20.3. The van der Waals surface area contributed by atoms with Gasteiger partial charge in [0.25, 0.3) is 5.69 Å². The maximum atomic E-state index is 12.3. The van der Waals surface area contributed by atoms with Gasteiger partial charge in [0.2, 0.25) is 0 Å². The minimum Gasteiger partial charge on any atom is -1.00 e. The quantitative estimate of drug-likeness (QED) is 0.348. The van der Waals surface area contributed by atoms with Crippen molar-refractivity contribution in [3.8, 4) is 22.8 Å². The van der Waals surface area contributed by atoms with E-state index in [2.05, 4.69) is 10.7 Å². The van der Waals surface area contributed by atoms with Crippen molar-refractivity contribution in [2.45, 2.75) is 13.8 Å². The lowest BCUT2D eigenvalue weighted by Gasteiger charge is -2.10. The number of aryl methyl sites for hydroxylation is 1. The molecule has 0 fully saturated rings. The predicted octanol–water partition coefficient (Wildman–Crippen LogP) is 0.745. The summed E-state index contributed by atoms with van der Waals surface area (Å²) < 4.78 is 11.0. The monoisotopic (exact) mass is 417 g/mol. The maximum absolute atomic E-state index is 12.3. The number of nitro benzene ring substituents is 1. The van der Waals surface area contributed by atoms with Crippen LogP contribution in [0.1, 0.15) is 23.0 Å². The third-order valence-electron chi connectivity index (χ3n) is 4.18. The van der Waals surface area contributed by atoms with Gasteiger partial charge in [0.1, 0.15) is 22.8 Å². The summed E-state index contributed by atoms with van der Waals surface area (Å²) in [7, 11) is 0. The number of nitrogens with zero attached hydrogens (tertiary/aromatic N) is 1. The lowest BCUT2D eigenvalue weighted by atomic mass is 10.1. The molecule has 152 valence electrons. The van der Waals surface area contributed by atoms with Crippen LogP contribution in [-0.4, -0.2) is 22.5 Å². The van der Waals surface area contributed by atoms with E-state index in [0.717, 1.165) is 0 Å². The Morgan fingerprint density at radius 3 is 2.52 bits per heavy atom. The van der Waals surface area contributed by atoms with Crippen LogP contribution in [0.2, 0.25) is 0 Å². The highest BCUT2D eigenvalue weighted by atomic mass is 35.5. The van der Waals surface area contributed by atoms with Gasteiger partial charge >= 0.3 is 5.97 Å². The smallest absolute Gasteiger partial charge is 0.346 e. The third kappa shape index (κ3) is 4.56. The second-order valence-electron chi connectivity index (χ2n) is 6.05. The van der Waals surface area contributed by atoms with E-state index in [1.165, 1.54) is 18.2 Å². The Morgan fingerprint density at radius 1 is 1.21 bits per heavy atom. The number of H-pyrrole nitrogens is 1. The van der Waals surface area contributed by atoms with E-state index in [9.17, 15) is 14.9 Å². The summed E-state index contributed by atoms with van der Waals surface area (Å²) in [6, 6.07) is 13.4. The van der Waals surface area contributed by atoms with Crippen molar-refractivity contribution in [2.24, 2.45) is 0 Å². The molecule has 3 rings (SSSR count). The minimum atomic E-state index is -0.497. The second kappa shape index (κ2) is 9.22. The van der Waals surface area contributed by atoms with Crippen LogP contribution >= 0.6 is 0 Å². The Bertz CT molecular complexity index is 1030. The number of nitro groups is 1. The lowest BCUT2D eigenvalue weighted by Crippen LogP contribution is -3.00. The van der Waals surface area contributed by atoms with Crippen molar-refractivity contribution < 1.29 is 37.3 Å². The van der Waals surface area contributed by atoms with Crippen LogP contribution in [0.15, 0.2) is 48.5 Å². The van der Waals surface area contributed by atoms with Crippen LogP contribution < -0.4 is 22.9 Å². The van der Waals surface area contributed by atoms with Gasteiger partial charge in [0, 0.05) is 17.8 Å². The van der Waals surface area contributed by atoms with E-state index in [0.29, 0.717) is 39.7 Å². The van der Waals surface area contributed by atoms with Gasteiger partial charge in [-0.3, -0.25) is 10.1 Å². The van der Waals surface area contributed by atoms with Crippen LogP contribution in [-0.2, 0) is 4.74 Å². The molecule has 0 saturated carbocycles. The number of aromatic amines is 1. The molecule has 0 saturated heterocycles. The summed E-state index contributed by atoms with van der Waals surface area (Å²) >= 11 is 0. The fourth-order valence-electron chi connectivity index (χ4n) is 2.92. The number of carbonyl (C=O) groups excluding carboxylic acids is 1. The molecule has 0 amide bonds. The number of halogens is 1. The molecule has 29 heavy (non-hydrogen) atoms. The van der Waals surface area contributed by atoms with Gasteiger partial charge in [-0.2, -0.15) is 0 Å². The molecule has 0 bridgehead atoms. The van der Waals surface area contributed by atoms with E-state index < -0.39 is 10.9 Å². The normalized spacial score (nSPS) is 10.2. The number of esters is 1. The van der Waals surface area contributed by atoms with E-state index in [1.54, 1.807) is 26.0 Å². The Hall–Kier alpha value is -3.36. The Labute approximate surface area is 173 Å². The first-order valence-corrected chi connectivity index (χ1v) is 8.65. The minimum absolute atomic E-state index is 0. The summed E-state index contributed by atoms with van der Waals surface area (Å²) in [5.74, 6) is 0.485. The van der Waals surface area contributed by atoms with Crippen LogP contribution in [0.25, 0.3) is 11.3 Å². The molecular formula is C20H20ClN3O5. The molecule has 0 unspecified atom stereocenters. The van der Waals surface area contributed by atoms with Gasteiger partial charge in [-0.05, 0) is 32.0 Å². The molecule has 9 heteroatoms. The number of non-ortho nitro benzene ring substituents is 1. The van der Waals surface area contributed by atoms with Crippen LogP contribution in [0.5, 0.6) is 11.5 Å². The molecule has 0 aliphatic carbocycles. The van der Waals surface area contributed by atoms with Gasteiger partial charge < -0.3 is 32.6 Å². The molecule has 0 aliphatic rings. The first-order valence-electron chi connectivity index (χ1n) is 8.65. The summed E-state index contributed by atoms with van der Waals surface area (Å²) in [5.41, 5.74) is 6.07. The first-order chi connectivity index (χ1) is 13.4. The van der Waals surface area contributed by atoms with Gasteiger partial charge in [-0.15, -0.1) is 0 Å². The van der Waals surface area contributed by atoms with E-state index in [4.69, 9.17) is 9.47 Å². The molecule has 0 aliphatic heterocycles. The number of rotatable bonds is 6. The molecule has 0 atom stereocenters. The summed E-state index contributed by atoms with van der Waals surface area (Å²) in [4.78, 5) is 26.1. The Morgan fingerprint density at radius 2 is 1.90 bits per heavy atom. The average Bonchev–Trinajstić information content (AvgIpc) is 2.97. The van der Waals surface area contributed by atoms with Crippen LogP contribution in [0.3, 0.4) is 0 Å². The second-order valence-corrected chi connectivity index (χ2v) is 6.05. The molecule has 4 N–H and O–H groups in total. The maximum Gasteiger partial charge on any atom is 0.346 e. The molecule has 2 aromatic carbocycles. The van der Waals surface area contributed by atoms with Gasteiger partial charge in [0.15, 0.2) is 5.69 Å². The predicted molar refractivity (Wildman–Crippen MR) is 103 cm³/mol. The van der Waals surface area contributed by atoms with E-state index >= 15 is 0 Å². The fraction of sp³-hybridized carbons (Fsp3) is 0.150. The van der Waals surface area contributed by atoms with Crippen molar-refractivity contribution in [1.29, 1.82) is 0 Å². The van der Waals surface area contributed by atoms with Gasteiger partial charge in [-0.1, -0.05) is 18.2 Å². The number of carbonyl (C=O) groups is 1. The zero-order valence-corrected chi connectivity index (χ0v) is 16.7. The molecule has 1 heterocycles.